The fourth-order valence-corrected chi connectivity index (χ4v) is 2.70. The highest BCUT2D eigenvalue weighted by Crippen LogP contribution is 2.21. The number of tetrazole rings is 1. The Morgan fingerprint density at radius 1 is 1.33 bits per heavy atom. The van der Waals surface area contributed by atoms with Crippen LogP contribution in [0.15, 0.2) is 18.5 Å². The van der Waals surface area contributed by atoms with Gasteiger partial charge in [0.15, 0.2) is 11.5 Å². The number of fused-ring (bicyclic) bond motifs is 1. The van der Waals surface area contributed by atoms with Gasteiger partial charge in [-0.25, -0.2) is 0 Å². The summed E-state index contributed by atoms with van der Waals surface area (Å²) < 4.78 is 1.64. The number of hydrogen-bond donors (Lipinski definition) is 1. The van der Waals surface area contributed by atoms with Gasteiger partial charge in [0, 0.05) is 9.75 Å². The molecule has 92 valence electrons. The molecule has 0 aliphatic heterocycles. The Bertz CT molecular complexity index is 666. The lowest BCUT2D eigenvalue weighted by molar-refractivity contribution is 0.820. The summed E-state index contributed by atoms with van der Waals surface area (Å²) in [6.45, 7) is 5.01. The van der Waals surface area contributed by atoms with Gasteiger partial charge in [0.25, 0.3) is 0 Å². The van der Waals surface area contributed by atoms with Crippen molar-refractivity contribution < 1.29 is 0 Å². The summed E-state index contributed by atoms with van der Waals surface area (Å²) in [7, 11) is 0. The third-order valence-corrected chi connectivity index (χ3v) is 3.92. The summed E-state index contributed by atoms with van der Waals surface area (Å²) in [5, 5.41) is 14.7. The molecule has 0 aromatic carbocycles. The molecular weight excluding hydrogens is 248 g/mol. The van der Waals surface area contributed by atoms with Crippen molar-refractivity contribution in [3.8, 4) is 0 Å². The molecule has 0 aliphatic carbocycles. The summed E-state index contributed by atoms with van der Waals surface area (Å²) in [6.07, 6.45) is 3.35. The van der Waals surface area contributed by atoms with Crippen LogP contribution in [0.25, 0.3) is 5.65 Å². The molecular formula is C11H12N6S. The standard InChI is InChI=1S/C11H12N6S/c1-7-3-9(18-8(7)2)4-13-10-5-12-6-11-14-15-16-17(10)11/h3,5-6,13H,4H2,1-2H3. The lowest BCUT2D eigenvalue weighted by Crippen LogP contribution is -2.04. The maximum atomic E-state index is 4.10. The van der Waals surface area contributed by atoms with Crippen molar-refractivity contribution in [3.63, 3.8) is 0 Å². The molecule has 3 aromatic rings. The average Bonchev–Trinajstić information content (AvgIpc) is 2.94. The van der Waals surface area contributed by atoms with Gasteiger partial charge in [-0.05, 0) is 35.9 Å². The third kappa shape index (κ3) is 1.92. The van der Waals surface area contributed by atoms with Gasteiger partial charge in [-0.15, -0.1) is 16.4 Å². The van der Waals surface area contributed by atoms with Crippen molar-refractivity contribution in [2.24, 2.45) is 0 Å². The first-order valence-electron chi connectivity index (χ1n) is 5.56. The van der Waals surface area contributed by atoms with Crippen LogP contribution in [0.5, 0.6) is 0 Å². The van der Waals surface area contributed by atoms with E-state index in [9.17, 15) is 0 Å². The van der Waals surface area contributed by atoms with Gasteiger partial charge >= 0.3 is 0 Å². The number of rotatable bonds is 3. The van der Waals surface area contributed by atoms with E-state index in [4.69, 9.17) is 0 Å². The number of aryl methyl sites for hydroxylation is 2. The van der Waals surface area contributed by atoms with Crippen LogP contribution in [0.3, 0.4) is 0 Å². The molecule has 0 saturated heterocycles. The fourth-order valence-electron chi connectivity index (χ4n) is 1.71. The minimum atomic E-state index is 0.638. The lowest BCUT2D eigenvalue weighted by Gasteiger charge is -2.04. The van der Waals surface area contributed by atoms with Crippen molar-refractivity contribution >= 4 is 22.8 Å². The topological polar surface area (TPSA) is 68.0 Å². The summed E-state index contributed by atoms with van der Waals surface area (Å²) in [6, 6.07) is 2.19. The molecule has 0 aliphatic rings. The van der Waals surface area contributed by atoms with Crippen LogP contribution in [-0.4, -0.2) is 25.0 Å². The number of nitrogens with zero attached hydrogens (tertiary/aromatic N) is 5. The second kappa shape index (κ2) is 4.34. The lowest BCUT2D eigenvalue weighted by atomic mass is 10.3. The van der Waals surface area contributed by atoms with Crippen LogP contribution in [0.4, 0.5) is 5.82 Å². The highest BCUT2D eigenvalue weighted by molar-refractivity contribution is 7.12. The molecule has 3 rings (SSSR count). The highest BCUT2D eigenvalue weighted by Gasteiger charge is 2.05. The summed E-state index contributed by atoms with van der Waals surface area (Å²) >= 11 is 1.80. The second-order valence-corrected chi connectivity index (χ2v) is 5.39. The van der Waals surface area contributed by atoms with Gasteiger partial charge in [-0.2, -0.15) is 4.52 Å². The van der Waals surface area contributed by atoms with Crippen LogP contribution in [0, 0.1) is 13.8 Å². The van der Waals surface area contributed by atoms with Crippen LogP contribution >= 0.6 is 11.3 Å². The molecule has 0 radical (unpaired) electrons. The van der Waals surface area contributed by atoms with E-state index < -0.39 is 0 Å². The summed E-state index contributed by atoms with van der Waals surface area (Å²) in [5.74, 6) is 0.793. The van der Waals surface area contributed by atoms with Gasteiger partial charge in [0.05, 0.1) is 18.9 Å². The maximum absolute atomic E-state index is 4.10. The molecule has 7 heteroatoms. The first-order valence-corrected chi connectivity index (χ1v) is 6.37. The van der Waals surface area contributed by atoms with Crippen molar-refractivity contribution in [3.05, 3.63) is 33.8 Å². The van der Waals surface area contributed by atoms with E-state index in [1.807, 2.05) is 0 Å². The number of aromatic nitrogens is 5. The Hall–Kier alpha value is -2.02. The quantitative estimate of drug-likeness (QED) is 0.778. The second-order valence-electron chi connectivity index (χ2n) is 4.05. The molecule has 0 bridgehead atoms. The highest BCUT2D eigenvalue weighted by atomic mass is 32.1. The molecule has 3 aromatic heterocycles. The predicted octanol–water partition coefficient (Wildman–Crippen LogP) is 1.81. The molecule has 0 unspecified atom stereocenters. The summed E-state index contributed by atoms with van der Waals surface area (Å²) in [4.78, 5) is 6.74. The average molecular weight is 260 g/mol. The van der Waals surface area contributed by atoms with Crippen LogP contribution in [0.1, 0.15) is 15.3 Å². The Balaban J connectivity index is 1.82. The Morgan fingerprint density at radius 2 is 2.22 bits per heavy atom. The zero-order chi connectivity index (χ0) is 12.5. The number of thiophene rings is 1. The molecule has 18 heavy (non-hydrogen) atoms. The van der Waals surface area contributed by atoms with Crippen molar-refractivity contribution in [2.75, 3.05) is 5.32 Å². The van der Waals surface area contributed by atoms with E-state index in [0.717, 1.165) is 12.4 Å². The van der Waals surface area contributed by atoms with Gasteiger partial charge in [0.1, 0.15) is 0 Å². The molecule has 0 spiro atoms. The fraction of sp³-hybridized carbons (Fsp3) is 0.273. The minimum absolute atomic E-state index is 0.638. The van der Waals surface area contributed by atoms with E-state index in [1.54, 1.807) is 28.2 Å². The number of hydrogen-bond acceptors (Lipinski definition) is 6. The first-order chi connectivity index (χ1) is 8.74. The molecule has 3 heterocycles. The largest absolute Gasteiger partial charge is 0.364 e. The Morgan fingerprint density at radius 3 is 3.00 bits per heavy atom. The van der Waals surface area contributed by atoms with Crippen LogP contribution in [-0.2, 0) is 6.54 Å². The monoisotopic (exact) mass is 260 g/mol. The van der Waals surface area contributed by atoms with E-state index in [2.05, 4.69) is 45.7 Å². The van der Waals surface area contributed by atoms with E-state index in [1.165, 1.54) is 15.3 Å². The predicted molar refractivity (Wildman–Crippen MR) is 69.7 cm³/mol. The van der Waals surface area contributed by atoms with Crippen molar-refractivity contribution in [1.82, 2.24) is 25.0 Å². The van der Waals surface area contributed by atoms with Crippen molar-refractivity contribution in [2.45, 2.75) is 20.4 Å². The van der Waals surface area contributed by atoms with Gasteiger partial charge in [-0.3, -0.25) is 4.98 Å². The van der Waals surface area contributed by atoms with E-state index in [-0.39, 0.29) is 0 Å². The minimum Gasteiger partial charge on any atom is -0.364 e. The third-order valence-electron chi connectivity index (χ3n) is 2.77. The van der Waals surface area contributed by atoms with Crippen molar-refractivity contribution in [1.29, 1.82) is 0 Å². The van der Waals surface area contributed by atoms with Crippen LogP contribution in [0.2, 0.25) is 0 Å². The molecule has 0 saturated carbocycles. The number of nitrogens with one attached hydrogen (secondary N) is 1. The molecule has 0 atom stereocenters. The molecule has 0 fully saturated rings. The van der Waals surface area contributed by atoms with Gasteiger partial charge < -0.3 is 5.32 Å². The molecule has 1 N–H and O–H groups in total. The van der Waals surface area contributed by atoms with E-state index in [0.29, 0.717) is 5.65 Å². The summed E-state index contributed by atoms with van der Waals surface area (Å²) in [5.41, 5.74) is 1.97. The van der Waals surface area contributed by atoms with Gasteiger partial charge in [0.2, 0.25) is 0 Å². The van der Waals surface area contributed by atoms with Gasteiger partial charge in [-0.1, -0.05) is 0 Å². The SMILES string of the molecule is Cc1cc(CNc2cncc3nnnn23)sc1C. The van der Waals surface area contributed by atoms with E-state index >= 15 is 0 Å². The Kier molecular flexibility index (Phi) is 2.67. The Labute approximate surface area is 108 Å². The zero-order valence-electron chi connectivity index (χ0n) is 10.1. The molecule has 6 nitrogen and oxygen atoms in total. The normalized spacial score (nSPS) is 11.0. The molecule has 0 amide bonds. The van der Waals surface area contributed by atoms with Crippen LogP contribution < -0.4 is 5.32 Å². The maximum Gasteiger partial charge on any atom is 0.199 e. The number of anilines is 1. The first kappa shape index (κ1) is 11.1. The smallest absolute Gasteiger partial charge is 0.199 e. The zero-order valence-corrected chi connectivity index (χ0v) is 10.9.